The predicted octanol–water partition coefficient (Wildman–Crippen LogP) is 1.18. The summed E-state index contributed by atoms with van der Waals surface area (Å²) in [5.41, 5.74) is 0. The van der Waals surface area contributed by atoms with E-state index < -0.39 is 0 Å². The molecule has 1 rings (SSSR count). The first-order chi connectivity index (χ1) is 9.12. The lowest BCUT2D eigenvalue weighted by molar-refractivity contribution is -0.149. The average molecular weight is 270 g/mol. The lowest BCUT2D eigenvalue weighted by atomic mass is 9.93. The third-order valence-corrected chi connectivity index (χ3v) is 3.48. The van der Waals surface area contributed by atoms with Crippen LogP contribution in [0.3, 0.4) is 0 Å². The fourth-order valence-corrected chi connectivity index (χ4v) is 2.51. The van der Waals surface area contributed by atoms with E-state index in [1.54, 1.807) is 0 Å². The minimum atomic E-state index is -0.211. The van der Waals surface area contributed by atoms with E-state index in [0.29, 0.717) is 19.5 Å². The molecule has 0 saturated carbocycles. The molecule has 1 heterocycles. The number of carbonyl (C=O) groups is 2. The zero-order valence-electron chi connectivity index (χ0n) is 12.3. The van der Waals surface area contributed by atoms with E-state index >= 15 is 0 Å². The van der Waals surface area contributed by atoms with Crippen LogP contribution in [0.25, 0.3) is 0 Å². The summed E-state index contributed by atoms with van der Waals surface area (Å²) in [6.45, 7) is 6.20. The van der Waals surface area contributed by atoms with Crippen LogP contribution in [0.2, 0.25) is 0 Å². The van der Waals surface area contributed by atoms with E-state index in [0.717, 1.165) is 25.8 Å². The Kier molecular flexibility index (Phi) is 6.84. The molecular formula is C14H26N2O3. The fraction of sp³-hybridized carbons (Fsp3) is 0.857. The first-order valence-corrected chi connectivity index (χ1v) is 7.21. The average Bonchev–Trinajstić information content (AvgIpc) is 2.44. The lowest BCUT2D eigenvalue weighted by Crippen LogP contribution is -2.53. The highest BCUT2D eigenvalue weighted by molar-refractivity contribution is 5.78. The Morgan fingerprint density at radius 3 is 2.58 bits per heavy atom. The molecule has 2 unspecified atom stereocenters. The molecule has 0 aromatic carbocycles. The molecule has 2 atom stereocenters. The minimum absolute atomic E-state index is 0.138. The summed E-state index contributed by atoms with van der Waals surface area (Å²) in [5, 5.41) is 3.41. The van der Waals surface area contributed by atoms with Crippen LogP contribution in [0.15, 0.2) is 0 Å². The van der Waals surface area contributed by atoms with Gasteiger partial charge in [-0.15, -0.1) is 0 Å². The standard InChI is InChI=1S/C14H26N2O3/c1-4-6-13(17)16-9-11(14(18)19-3)8-12(10-16)15-7-5-2/h11-12,15H,4-10H2,1-3H3. The molecule has 1 aliphatic heterocycles. The molecule has 5 nitrogen and oxygen atoms in total. The van der Waals surface area contributed by atoms with Crippen molar-refractivity contribution in [1.29, 1.82) is 0 Å². The van der Waals surface area contributed by atoms with E-state index in [2.05, 4.69) is 12.2 Å². The Labute approximate surface area is 115 Å². The summed E-state index contributed by atoms with van der Waals surface area (Å²) in [5.74, 6) is -0.273. The third kappa shape index (κ3) is 4.82. The van der Waals surface area contributed by atoms with Crippen molar-refractivity contribution in [2.24, 2.45) is 5.92 Å². The Morgan fingerprint density at radius 1 is 1.26 bits per heavy atom. The van der Waals surface area contributed by atoms with Crippen LogP contribution < -0.4 is 5.32 Å². The van der Waals surface area contributed by atoms with E-state index in [1.807, 2.05) is 11.8 Å². The van der Waals surface area contributed by atoms with Crippen molar-refractivity contribution >= 4 is 11.9 Å². The van der Waals surface area contributed by atoms with Gasteiger partial charge in [0.05, 0.1) is 13.0 Å². The van der Waals surface area contributed by atoms with Crippen LogP contribution in [0.5, 0.6) is 0 Å². The second-order valence-corrected chi connectivity index (χ2v) is 5.16. The first kappa shape index (κ1) is 16.0. The quantitative estimate of drug-likeness (QED) is 0.736. The molecule has 1 saturated heterocycles. The number of likely N-dealkylation sites (tertiary alicyclic amines) is 1. The highest BCUT2D eigenvalue weighted by atomic mass is 16.5. The summed E-state index contributed by atoms with van der Waals surface area (Å²) in [4.78, 5) is 25.6. The Hall–Kier alpha value is -1.10. The van der Waals surface area contributed by atoms with Crippen molar-refractivity contribution in [3.63, 3.8) is 0 Å². The number of piperidine rings is 1. The van der Waals surface area contributed by atoms with Gasteiger partial charge in [-0.25, -0.2) is 0 Å². The molecule has 19 heavy (non-hydrogen) atoms. The van der Waals surface area contributed by atoms with Crippen molar-refractivity contribution in [3.8, 4) is 0 Å². The van der Waals surface area contributed by atoms with Gasteiger partial charge >= 0.3 is 5.97 Å². The highest BCUT2D eigenvalue weighted by Crippen LogP contribution is 2.19. The van der Waals surface area contributed by atoms with E-state index in [4.69, 9.17) is 4.74 Å². The lowest BCUT2D eigenvalue weighted by Gasteiger charge is -2.37. The number of carbonyl (C=O) groups excluding carboxylic acids is 2. The number of nitrogens with one attached hydrogen (secondary N) is 1. The van der Waals surface area contributed by atoms with Gasteiger partial charge in [0.15, 0.2) is 0 Å². The number of esters is 1. The SMILES string of the molecule is CCCNC1CC(C(=O)OC)CN(C(=O)CCC)C1. The number of hydrogen-bond donors (Lipinski definition) is 1. The monoisotopic (exact) mass is 270 g/mol. The predicted molar refractivity (Wildman–Crippen MR) is 73.7 cm³/mol. The summed E-state index contributed by atoms with van der Waals surface area (Å²) in [6, 6.07) is 0.193. The van der Waals surface area contributed by atoms with Crippen LogP contribution >= 0.6 is 0 Å². The summed E-state index contributed by atoms with van der Waals surface area (Å²) >= 11 is 0. The van der Waals surface area contributed by atoms with Gasteiger partial charge in [-0.2, -0.15) is 0 Å². The third-order valence-electron chi connectivity index (χ3n) is 3.48. The Balaban J connectivity index is 2.65. The molecule has 1 N–H and O–H groups in total. The molecule has 0 aromatic rings. The molecule has 110 valence electrons. The molecule has 5 heteroatoms. The zero-order valence-corrected chi connectivity index (χ0v) is 12.3. The van der Waals surface area contributed by atoms with Crippen LogP contribution in [-0.2, 0) is 14.3 Å². The minimum Gasteiger partial charge on any atom is -0.469 e. The second-order valence-electron chi connectivity index (χ2n) is 5.16. The van der Waals surface area contributed by atoms with Crippen LogP contribution in [0.1, 0.15) is 39.5 Å². The molecule has 0 aromatic heterocycles. The molecule has 0 radical (unpaired) electrons. The smallest absolute Gasteiger partial charge is 0.310 e. The van der Waals surface area contributed by atoms with Crippen LogP contribution in [0.4, 0.5) is 0 Å². The van der Waals surface area contributed by atoms with Gasteiger partial charge in [-0.3, -0.25) is 9.59 Å². The van der Waals surface area contributed by atoms with Gasteiger partial charge in [-0.1, -0.05) is 13.8 Å². The zero-order chi connectivity index (χ0) is 14.3. The van der Waals surface area contributed by atoms with E-state index in [9.17, 15) is 9.59 Å². The summed E-state index contributed by atoms with van der Waals surface area (Å²) in [7, 11) is 1.41. The maximum atomic E-state index is 12.0. The second kappa shape index (κ2) is 8.15. The van der Waals surface area contributed by atoms with Gasteiger partial charge in [0, 0.05) is 25.6 Å². The Morgan fingerprint density at radius 2 is 2.00 bits per heavy atom. The number of hydrogen-bond acceptors (Lipinski definition) is 4. The van der Waals surface area contributed by atoms with E-state index in [1.165, 1.54) is 7.11 Å². The molecule has 0 spiro atoms. The van der Waals surface area contributed by atoms with Crippen LogP contribution in [0, 0.1) is 5.92 Å². The van der Waals surface area contributed by atoms with Crippen molar-refractivity contribution in [3.05, 3.63) is 0 Å². The first-order valence-electron chi connectivity index (χ1n) is 7.21. The van der Waals surface area contributed by atoms with Crippen molar-refractivity contribution in [1.82, 2.24) is 10.2 Å². The van der Waals surface area contributed by atoms with Crippen molar-refractivity contribution in [2.75, 3.05) is 26.7 Å². The number of amides is 1. The maximum Gasteiger partial charge on any atom is 0.310 e. The van der Waals surface area contributed by atoms with Gasteiger partial charge in [0.25, 0.3) is 0 Å². The number of rotatable bonds is 6. The van der Waals surface area contributed by atoms with Crippen molar-refractivity contribution < 1.29 is 14.3 Å². The molecule has 1 amide bonds. The normalized spacial score (nSPS) is 23.2. The molecule has 1 aliphatic rings. The summed E-state index contributed by atoms with van der Waals surface area (Å²) in [6.07, 6.45) is 3.19. The number of ether oxygens (including phenoxy) is 1. The molecule has 0 bridgehead atoms. The number of methoxy groups -OCH3 is 1. The largest absolute Gasteiger partial charge is 0.469 e. The van der Waals surface area contributed by atoms with Crippen LogP contribution in [-0.4, -0.2) is 49.6 Å². The van der Waals surface area contributed by atoms with Gasteiger partial charge in [0.2, 0.25) is 5.91 Å². The molecular weight excluding hydrogens is 244 g/mol. The highest BCUT2D eigenvalue weighted by Gasteiger charge is 2.33. The Bertz CT molecular complexity index is 307. The molecule has 1 fully saturated rings. The maximum absolute atomic E-state index is 12.0. The van der Waals surface area contributed by atoms with Gasteiger partial charge < -0.3 is 15.0 Å². The summed E-state index contributed by atoms with van der Waals surface area (Å²) < 4.78 is 4.83. The fourth-order valence-electron chi connectivity index (χ4n) is 2.51. The molecule has 0 aliphatic carbocycles. The van der Waals surface area contributed by atoms with Gasteiger partial charge in [0.1, 0.15) is 0 Å². The van der Waals surface area contributed by atoms with Crippen molar-refractivity contribution in [2.45, 2.75) is 45.6 Å². The van der Waals surface area contributed by atoms with E-state index in [-0.39, 0.29) is 23.8 Å². The number of nitrogens with zero attached hydrogens (tertiary/aromatic N) is 1. The topological polar surface area (TPSA) is 58.6 Å². The van der Waals surface area contributed by atoms with Gasteiger partial charge in [-0.05, 0) is 25.8 Å².